The molecule has 0 amide bonds. The van der Waals surface area contributed by atoms with E-state index in [0.717, 1.165) is 32.3 Å². The van der Waals surface area contributed by atoms with Gasteiger partial charge in [0.05, 0.1) is 6.61 Å². The smallest absolute Gasteiger partial charge is 0.0589 e. The van der Waals surface area contributed by atoms with Crippen LogP contribution in [0.25, 0.3) is 0 Å². The maximum Gasteiger partial charge on any atom is 0.0589 e. The van der Waals surface area contributed by atoms with Crippen molar-refractivity contribution in [3.8, 4) is 0 Å². The Kier molecular flexibility index (Phi) is 5.01. The summed E-state index contributed by atoms with van der Waals surface area (Å²) in [5, 5.41) is 3.44. The van der Waals surface area contributed by atoms with Crippen LogP contribution in [0.4, 0.5) is 0 Å². The molecule has 0 bridgehead atoms. The minimum Gasteiger partial charge on any atom is -0.383 e. The summed E-state index contributed by atoms with van der Waals surface area (Å²) in [5.74, 6) is 0. The Hall–Kier alpha value is -0.160. The summed E-state index contributed by atoms with van der Waals surface area (Å²) in [6, 6.07) is 0.779. The molecule has 2 saturated heterocycles. The van der Waals surface area contributed by atoms with Crippen LogP contribution in [0, 0.1) is 0 Å². The molecule has 4 heteroatoms. The third-order valence-corrected chi connectivity index (χ3v) is 4.56. The van der Waals surface area contributed by atoms with Gasteiger partial charge in [0.2, 0.25) is 0 Å². The minimum atomic E-state index is 0.312. The normalized spacial score (nSPS) is 30.5. The maximum atomic E-state index is 5.22. The molecule has 4 nitrogen and oxygen atoms in total. The van der Waals surface area contributed by atoms with Gasteiger partial charge in [0.25, 0.3) is 0 Å². The number of hydrogen-bond donors (Lipinski definition) is 1. The molecule has 1 N–H and O–H groups in total. The van der Waals surface area contributed by atoms with Crippen LogP contribution in [0.1, 0.15) is 26.7 Å². The standard InChI is InChI=1S/C14H29N3O/c1-14(2)12-13(16-8-5-15-6-9-16)4-7-17(14)10-11-18-3/h13,15H,4-12H2,1-3H3. The van der Waals surface area contributed by atoms with Crippen molar-refractivity contribution < 1.29 is 4.74 Å². The van der Waals surface area contributed by atoms with E-state index in [9.17, 15) is 0 Å². The van der Waals surface area contributed by atoms with Crippen molar-refractivity contribution in [2.45, 2.75) is 38.3 Å². The summed E-state index contributed by atoms with van der Waals surface area (Å²) in [5.41, 5.74) is 0.312. The molecule has 0 aliphatic carbocycles. The van der Waals surface area contributed by atoms with Crippen LogP contribution in [0.2, 0.25) is 0 Å². The third-order valence-electron chi connectivity index (χ3n) is 4.56. The molecule has 2 heterocycles. The van der Waals surface area contributed by atoms with Gasteiger partial charge in [0, 0.05) is 58.0 Å². The summed E-state index contributed by atoms with van der Waals surface area (Å²) in [4.78, 5) is 5.28. The van der Waals surface area contributed by atoms with Gasteiger partial charge in [-0.25, -0.2) is 0 Å². The number of piperazine rings is 1. The van der Waals surface area contributed by atoms with Gasteiger partial charge in [-0.2, -0.15) is 0 Å². The Morgan fingerprint density at radius 3 is 2.56 bits per heavy atom. The lowest BCUT2D eigenvalue weighted by atomic mass is 9.86. The van der Waals surface area contributed by atoms with Crippen molar-refractivity contribution in [2.24, 2.45) is 0 Å². The van der Waals surface area contributed by atoms with Crippen molar-refractivity contribution in [3.05, 3.63) is 0 Å². The Labute approximate surface area is 112 Å². The number of hydrogen-bond acceptors (Lipinski definition) is 4. The molecule has 0 aromatic rings. The molecule has 2 fully saturated rings. The summed E-state index contributed by atoms with van der Waals surface area (Å²) in [6.07, 6.45) is 2.60. The summed E-state index contributed by atoms with van der Waals surface area (Å²) < 4.78 is 5.22. The molecule has 0 aromatic carbocycles. The fraction of sp³-hybridized carbons (Fsp3) is 1.00. The zero-order chi connectivity index (χ0) is 13.0. The second kappa shape index (κ2) is 6.33. The molecule has 18 heavy (non-hydrogen) atoms. The molecule has 106 valence electrons. The summed E-state index contributed by atoms with van der Waals surface area (Å²) in [7, 11) is 1.79. The lowest BCUT2D eigenvalue weighted by Crippen LogP contribution is -2.58. The first kappa shape index (κ1) is 14.3. The molecular weight excluding hydrogens is 226 g/mol. The van der Waals surface area contributed by atoms with Crippen LogP contribution < -0.4 is 5.32 Å². The fourth-order valence-corrected chi connectivity index (χ4v) is 3.39. The number of nitrogens with zero attached hydrogens (tertiary/aromatic N) is 2. The molecule has 2 aliphatic heterocycles. The monoisotopic (exact) mass is 255 g/mol. The number of rotatable bonds is 4. The summed E-state index contributed by atoms with van der Waals surface area (Å²) >= 11 is 0. The number of piperidine rings is 1. The number of nitrogens with one attached hydrogen (secondary N) is 1. The van der Waals surface area contributed by atoms with E-state index in [-0.39, 0.29) is 0 Å². The molecule has 1 atom stereocenters. The van der Waals surface area contributed by atoms with E-state index < -0.39 is 0 Å². The Balaban J connectivity index is 1.87. The highest BCUT2D eigenvalue weighted by atomic mass is 16.5. The zero-order valence-electron chi connectivity index (χ0n) is 12.2. The molecular formula is C14H29N3O. The Bertz CT molecular complexity index is 251. The second-order valence-corrected chi connectivity index (χ2v) is 6.22. The van der Waals surface area contributed by atoms with Crippen LogP contribution in [-0.4, -0.2) is 74.4 Å². The van der Waals surface area contributed by atoms with Crippen LogP contribution >= 0.6 is 0 Å². The van der Waals surface area contributed by atoms with Gasteiger partial charge in [-0.15, -0.1) is 0 Å². The first-order chi connectivity index (χ1) is 8.63. The topological polar surface area (TPSA) is 27.7 Å². The van der Waals surface area contributed by atoms with Gasteiger partial charge in [-0.05, 0) is 26.7 Å². The SMILES string of the molecule is COCCN1CCC(N2CCNCC2)CC1(C)C. The molecule has 0 radical (unpaired) electrons. The first-order valence-electron chi connectivity index (χ1n) is 7.32. The highest BCUT2D eigenvalue weighted by Gasteiger charge is 2.36. The Morgan fingerprint density at radius 2 is 1.94 bits per heavy atom. The van der Waals surface area contributed by atoms with E-state index in [1.807, 2.05) is 0 Å². The van der Waals surface area contributed by atoms with Gasteiger partial charge in [-0.3, -0.25) is 9.80 Å². The average molecular weight is 255 g/mol. The molecule has 0 aromatic heterocycles. The molecule has 2 rings (SSSR count). The lowest BCUT2D eigenvalue weighted by Gasteiger charge is -2.49. The van der Waals surface area contributed by atoms with Crippen LogP contribution in [0.15, 0.2) is 0 Å². The van der Waals surface area contributed by atoms with Gasteiger partial charge >= 0.3 is 0 Å². The van der Waals surface area contributed by atoms with E-state index >= 15 is 0 Å². The number of likely N-dealkylation sites (tertiary alicyclic amines) is 1. The lowest BCUT2D eigenvalue weighted by molar-refractivity contribution is 0.000836. The van der Waals surface area contributed by atoms with Gasteiger partial charge in [0.15, 0.2) is 0 Å². The average Bonchev–Trinajstić information content (AvgIpc) is 2.37. The summed E-state index contributed by atoms with van der Waals surface area (Å²) in [6.45, 7) is 12.7. The molecule has 1 unspecified atom stereocenters. The maximum absolute atomic E-state index is 5.22. The number of methoxy groups -OCH3 is 1. The van der Waals surface area contributed by atoms with Crippen molar-refractivity contribution in [2.75, 3.05) is 53.0 Å². The van der Waals surface area contributed by atoms with Gasteiger partial charge in [-0.1, -0.05) is 0 Å². The van der Waals surface area contributed by atoms with Crippen LogP contribution in [0.5, 0.6) is 0 Å². The largest absolute Gasteiger partial charge is 0.383 e. The van der Waals surface area contributed by atoms with Gasteiger partial charge in [0.1, 0.15) is 0 Å². The van der Waals surface area contributed by atoms with E-state index in [1.165, 1.54) is 32.5 Å². The van der Waals surface area contributed by atoms with Crippen molar-refractivity contribution >= 4 is 0 Å². The van der Waals surface area contributed by atoms with Crippen LogP contribution in [0.3, 0.4) is 0 Å². The van der Waals surface area contributed by atoms with E-state index in [2.05, 4.69) is 29.0 Å². The number of ether oxygens (including phenoxy) is 1. The van der Waals surface area contributed by atoms with Gasteiger partial charge < -0.3 is 10.1 Å². The highest BCUT2D eigenvalue weighted by molar-refractivity contribution is 4.93. The predicted octanol–water partition coefficient (Wildman–Crippen LogP) is 0.781. The Morgan fingerprint density at radius 1 is 1.22 bits per heavy atom. The van der Waals surface area contributed by atoms with Crippen LogP contribution in [-0.2, 0) is 4.74 Å². The first-order valence-corrected chi connectivity index (χ1v) is 7.32. The van der Waals surface area contributed by atoms with Crippen molar-refractivity contribution in [1.82, 2.24) is 15.1 Å². The van der Waals surface area contributed by atoms with E-state index in [4.69, 9.17) is 4.74 Å². The quantitative estimate of drug-likeness (QED) is 0.803. The minimum absolute atomic E-state index is 0.312. The van der Waals surface area contributed by atoms with Crippen molar-refractivity contribution in [3.63, 3.8) is 0 Å². The predicted molar refractivity (Wildman–Crippen MR) is 75.0 cm³/mol. The van der Waals surface area contributed by atoms with Crippen molar-refractivity contribution in [1.29, 1.82) is 0 Å². The fourth-order valence-electron chi connectivity index (χ4n) is 3.39. The third kappa shape index (κ3) is 3.44. The van der Waals surface area contributed by atoms with E-state index in [1.54, 1.807) is 7.11 Å². The molecule has 2 aliphatic rings. The molecule has 0 saturated carbocycles. The highest BCUT2D eigenvalue weighted by Crippen LogP contribution is 2.30. The zero-order valence-corrected chi connectivity index (χ0v) is 12.2. The van der Waals surface area contributed by atoms with E-state index in [0.29, 0.717) is 5.54 Å². The second-order valence-electron chi connectivity index (χ2n) is 6.22. The molecule has 0 spiro atoms.